The fraction of sp³-hybridized carbons (Fsp3) is 0.400. The Kier molecular flexibility index (Phi) is 7.54. The standard InChI is InChI=1S/C15H21FN2O2/c1-20-14(15(19)18-11-3-2-10-17)9-6-12-4-7-13(16)8-5-12/h2-5,7-8,14H,6,9-11,17H2,1H3,(H,18,19). The molecule has 0 saturated heterocycles. The largest absolute Gasteiger partial charge is 0.372 e. The molecule has 4 nitrogen and oxygen atoms in total. The van der Waals surface area contributed by atoms with Crippen LogP contribution in [0.25, 0.3) is 0 Å². The molecule has 0 aliphatic rings. The molecule has 3 N–H and O–H groups in total. The molecule has 110 valence electrons. The summed E-state index contributed by atoms with van der Waals surface area (Å²) >= 11 is 0. The second kappa shape index (κ2) is 9.23. The van der Waals surface area contributed by atoms with E-state index in [1.165, 1.54) is 19.2 Å². The van der Waals surface area contributed by atoms with Crippen molar-refractivity contribution in [1.29, 1.82) is 0 Å². The van der Waals surface area contributed by atoms with Crippen molar-refractivity contribution in [2.45, 2.75) is 18.9 Å². The molecule has 1 unspecified atom stereocenters. The van der Waals surface area contributed by atoms with E-state index in [0.29, 0.717) is 25.9 Å². The van der Waals surface area contributed by atoms with Gasteiger partial charge in [0.25, 0.3) is 0 Å². The van der Waals surface area contributed by atoms with E-state index in [0.717, 1.165) is 5.56 Å². The average Bonchev–Trinajstić information content (AvgIpc) is 2.46. The number of aryl methyl sites for hydroxylation is 1. The number of nitrogens with one attached hydrogen (secondary N) is 1. The summed E-state index contributed by atoms with van der Waals surface area (Å²) in [6.07, 6.45) is 4.27. The van der Waals surface area contributed by atoms with Crippen molar-refractivity contribution in [3.63, 3.8) is 0 Å². The lowest BCUT2D eigenvalue weighted by molar-refractivity contribution is -0.131. The van der Waals surface area contributed by atoms with Crippen molar-refractivity contribution in [3.8, 4) is 0 Å². The number of methoxy groups -OCH3 is 1. The third-order valence-corrected chi connectivity index (χ3v) is 2.88. The van der Waals surface area contributed by atoms with Gasteiger partial charge >= 0.3 is 0 Å². The van der Waals surface area contributed by atoms with Crippen LogP contribution in [0.15, 0.2) is 36.4 Å². The minimum Gasteiger partial charge on any atom is -0.372 e. The Bertz CT molecular complexity index is 432. The summed E-state index contributed by atoms with van der Waals surface area (Å²) in [5.74, 6) is -0.419. The normalized spacial score (nSPS) is 12.6. The molecule has 20 heavy (non-hydrogen) atoms. The number of hydrogen-bond donors (Lipinski definition) is 2. The Morgan fingerprint density at radius 2 is 2.10 bits per heavy atom. The van der Waals surface area contributed by atoms with Gasteiger partial charge in [0.05, 0.1) is 0 Å². The van der Waals surface area contributed by atoms with Gasteiger partial charge in [-0.25, -0.2) is 4.39 Å². The molecule has 0 fully saturated rings. The molecule has 1 rings (SSSR count). The molecule has 0 aliphatic heterocycles. The van der Waals surface area contributed by atoms with E-state index in [-0.39, 0.29) is 11.7 Å². The highest BCUT2D eigenvalue weighted by Gasteiger charge is 2.16. The van der Waals surface area contributed by atoms with Crippen molar-refractivity contribution in [2.24, 2.45) is 5.73 Å². The van der Waals surface area contributed by atoms with E-state index in [4.69, 9.17) is 10.5 Å². The van der Waals surface area contributed by atoms with Crippen LogP contribution < -0.4 is 11.1 Å². The molecule has 0 radical (unpaired) electrons. The SMILES string of the molecule is COC(CCc1ccc(F)cc1)C(=O)NCC=CCN. The quantitative estimate of drug-likeness (QED) is 0.708. The highest BCUT2D eigenvalue weighted by Crippen LogP contribution is 2.08. The van der Waals surface area contributed by atoms with Crippen LogP contribution in [0, 0.1) is 5.82 Å². The maximum atomic E-state index is 12.8. The lowest BCUT2D eigenvalue weighted by Gasteiger charge is -2.14. The maximum Gasteiger partial charge on any atom is 0.249 e. The average molecular weight is 280 g/mol. The molecule has 1 aromatic rings. The molecule has 0 heterocycles. The molecular formula is C15H21FN2O2. The molecule has 0 bridgehead atoms. The van der Waals surface area contributed by atoms with Gasteiger partial charge in [-0.05, 0) is 30.5 Å². The predicted molar refractivity (Wildman–Crippen MR) is 76.7 cm³/mol. The first-order valence-corrected chi connectivity index (χ1v) is 6.57. The molecule has 1 amide bonds. The number of carbonyl (C=O) groups is 1. The summed E-state index contributed by atoms with van der Waals surface area (Å²) in [4.78, 5) is 11.9. The maximum absolute atomic E-state index is 12.8. The van der Waals surface area contributed by atoms with Crippen LogP contribution in [-0.4, -0.2) is 32.2 Å². The van der Waals surface area contributed by atoms with E-state index in [2.05, 4.69) is 5.32 Å². The summed E-state index contributed by atoms with van der Waals surface area (Å²) in [6, 6.07) is 6.25. The number of ether oxygens (including phenoxy) is 1. The van der Waals surface area contributed by atoms with Crippen molar-refractivity contribution in [2.75, 3.05) is 20.2 Å². The zero-order chi connectivity index (χ0) is 14.8. The second-order valence-electron chi connectivity index (χ2n) is 4.34. The van der Waals surface area contributed by atoms with Crippen molar-refractivity contribution >= 4 is 5.91 Å². The van der Waals surface area contributed by atoms with Gasteiger partial charge in [-0.1, -0.05) is 24.3 Å². The van der Waals surface area contributed by atoms with Crippen LogP contribution in [0.3, 0.4) is 0 Å². The van der Waals surface area contributed by atoms with Crippen LogP contribution in [0.2, 0.25) is 0 Å². The number of nitrogens with two attached hydrogens (primary N) is 1. The third kappa shape index (κ3) is 5.95. The number of amides is 1. The van der Waals surface area contributed by atoms with Crippen LogP contribution in [0.4, 0.5) is 4.39 Å². The molecule has 0 aromatic heterocycles. The first kappa shape index (κ1) is 16.3. The van der Waals surface area contributed by atoms with E-state index in [9.17, 15) is 9.18 Å². The Labute approximate surface area is 118 Å². The Hall–Kier alpha value is -1.72. The topological polar surface area (TPSA) is 64.3 Å². The molecule has 0 spiro atoms. The van der Waals surface area contributed by atoms with Crippen molar-refractivity contribution < 1.29 is 13.9 Å². The van der Waals surface area contributed by atoms with E-state index >= 15 is 0 Å². The number of rotatable bonds is 8. The van der Waals surface area contributed by atoms with Gasteiger partial charge in [0.15, 0.2) is 0 Å². The van der Waals surface area contributed by atoms with Gasteiger partial charge in [0.1, 0.15) is 11.9 Å². The van der Waals surface area contributed by atoms with Crippen LogP contribution in [0.5, 0.6) is 0 Å². The summed E-state index contributed by atoms with van der Waals surface area (Å²) in [7, 11) is 1.50. The number of carbonyl (C=O) groups excluding carboxylic acids is 1. The van der Waals surface area contributed by atoms with Crippen LogP contribution >= 0.6 is 0 Å². The van der Waals surface area contributed by atoms with E-state index in [1.54, 1.807) is 24.3 Å². The predicted octanol–water partition coefficient (Wildman–Crippen LogP) is 1.40. The first-order chi connectivity index (χ1) is 9.67. The number of halogens is 1. The first-order valence-electron chi connectivity index (χ1n) is 6.57. The van der Waals surface area contributed by atoms with E-state index in [1.807, 2.05) is 0 Å². The number of benzene rings is 1. The smallest absolute Gasteiger partial charge is 0.249 e. The van der Waals surface area contributed by atoms with E-state index < -0.39 is 6.10 Å². The lowest BCUT2D eigenvalue weighted by atomic mass is 10.1. The Morgan fingerprint density at radius 1 is 1.40 bits per heavy atom. The fourth-order valence-corrected chi connectivity index (χ4v) is 1.76. The molecular weight excluding hydrogens is 259 g/mol. The fourth-order valence-electron chi connectivity index (χ4n) is 1.76. The summed E-state index contributed by atoms with van der Waals surface area (Å²) in [6.45, 7) is 0.889. The van der Waals surface area contributed by atoms with Gasteiger partial charge in [0.2, 0.25) is 5.91 Å². The summed E-state index contributed by atoms with van der Waals surface area (Å²) in [5.41, 5.74) is 6.28. The lowest BCUT2D eigenvalue weighted by Crippen LogP contribution is -2.36. The molecule has 1 aromatic carbocycles. The summed E-state index contributed by atoms with van der Waals surface area (Å²) < 4.78 is 18.0. The van der Waals surface area contributed by atoms with Gasteiger partial charge in [0, 0.05) is 20.2 Å². The zero-order valence-corrected chi connectivity index (χ0v) is 11.6. The Morgan fingerprint density at radius 3 is 2.70 bits per heavy atom. The second-order valence-corrected chi connectivity index (χ2v) is 4.34. The van der Waals surface area contributed by atoms with Gasteiger partial charge in [-0.15, -0.1) is 0 Å². The van der Waals surface area contributed by atoms with Crippen molar-refractivity contribution in [3.05, 3.63) is 47.8 Å². The monoisotopic (exact) mass is 280 g/mol. The minimum atomic E-state index is -0.508. The van der Waals surface area contributed by atoms with Gasteiger partial charge < -0.3 is 15.8 Å². The highest BCUT2D eigenvalue weighted by molar-refractivity contribution is 5.80. The molecule has 5 heteroatoms. The molecule has 0 aliphatic carbocycles. The van der Waals surface area contributed by atoms with Crippen LogP contribution in [0.1, 0.15) is 12.0 Å². The van der Waals surface area contributed by atoms with Crippen molar-refractivity contribution in [1.82, 2.24) is 5.32 Å². The highest BCUT2D eigenvalue weighted by atomic mass is 19.1. The van der Waals surface area contributed by atoms with Gasteiger partial charge in [-0.3, -0.25) is 4.79 Å². The summed E-state index contributed by atoms with van der Waals surface area (Å²) in [5, 5.41) is 2.75. The molecule has 1 atom stereocenters. The Balaban J connectivity index is 2.40. The molecule has 0 saturated carbocycles. The number of hydrogen-bond acceptors (Lipinski definition) is 3. The van der Waals surface area contributed by atoms with Crippen LogP contribution in [-0.2, 0) is 16.0 Å². The third-order valence-electron chi connectivity index (χ3n) is 2.88. The minimum absolute atomic E-state index is 0.156. The zero-order valence-electron chi connectivity index (χ0n) is 11.6. The van der Waals surface area contributed by atoms with Gasteiger partial charge in [-0.2, -0.15) is 0 Å².